The van der Waals surface area contributed by atoms with Crippen molar-refractivity contribution < 1.29 is 27.2 Å². The minimum absolute atomic E-state index is 0.0187. The molecule has 2 rings (SSSR count). The van der Waals surface area contributed by atoms with Crippen LogP contribution < -0.4 is 0 Å². The van der Waals surface area contributed by atoms with Gasteiger partial charge in [-0.25, -0.2) is 0 Å². The zero-order valence-corrected chi connectivity index (χ0v) is 12.5. The van der Waals surface area contributed by atoms with E-state index in [0.29, 0.717) is 10.5 Å². The van der Waals surface area contributed by atoms with Gasteiger partial charge >= 0.3 is 6.18 Å². The molecule has 0 aromatic carbocycles. The Bertz CT molecular complexity index is 665. The first-order valence-corrected chi connectivity index (χ1v) is 6.61. The third kappa shape index (κ3) is 4.55. The maximum atomic E-state index is 12.6. The number of carbonyl (C=O) groups is 1. The second-order valence-corrected chi connectivity index (χ2v) is 4.81. The topological polar surface area (TPSA) is 73.4 Å². The lowest BCUT2D eigenvalue weighted by molar-refractivity contribution is -0.141. The summed E-state index contributed by atoms with van der Waals surface area (Å²) < 4.78 is 49.0. The Hall–Kier alpha value is -2.36. The Labute approximate surface area is 129 Å². The molecule has 0 saturated carbocycles. The van der Waals surface area contributed by atoms with Gasteiger partial charge in [-0.1, -0.05) is 5.16 Å². The molecule has 2 aromatic heterocycles. The van der Waals surface area contributed by atoms with Crippen molar-refractivity contribution >= 4 is 5.91 Å². The molecule has 0 aliphatic rings. The first-order chi connectivity index (χ1) is 10.8. The number of hydrogen-bond acceptors (Lipinski definition) is 5. The molecule has 0 bridgehead atoms. The van der Waals surface area contributed by atoms with E-state index in [0.717, 1.165) is 0 Å². The van der Waals surface area contributed by atoms with Crippen LogP contribution in [0.1, 0.15) is 10.5 Å². The van der Waals surface area contributed by atoms with Crippen LogP contribution in [0.5, 0.6) is 0 Å². The van der Waals surface area contributed by atoms with Crippen LogP contribution in [0.4, 0.5) is 13.2 Å². The second kappa shape index (κ2) is 6.82. The standard InChI is InChI=1S/C13H15F3N4O3/c1-19-7-9(6-17-19)11-5-10(18-23-11)12(21)20(3-4-22-2)8-13(14,15)16/h5-7H,3-4,8H2,1-2H3. The minimum Gasteiger partial charge on any atom is -0.383 e. The van der Waals surface area contributed by atoms with Crippen LogP contribution in [-0.4, -0.2) is 58.7 Å². The van der Waals surface area contributed by atoms with Crippen LogP contribution in [0, 0.1) is 0 Å². The fourth-order valence-electron chi connectivity index (χ4n) is 1.89. The average molecular weight is 332 g/mol. The molecule has 2 heterocycles. The smallest absolute Gasteiger partial charge is 0.383 e. The number of aromatic nitrogens is 3. The van der Waals surface area contributed by atoms with Gasteiger partial charge in [-0.2, -0.15) is 18.3 Å². The van der Waals surface area contributed by atoms with Crippen molar-refractivity contribution in [1.29, 1.82) is 0 Å². The zero-order valence-electron chi connectivity index (χ0n) is 12.5. The number of carbonyl (C=O) groups excluding carboxylic acids is 1. The van der Waals surface area contributed by atoms with E-state index < -0.39 is 18.6 Å². The maximum absolute atomic E-state index is 12.6. The molecule has 1 amide bonds. The Morgan fingerprint density at radius 3 is 2.78 bits per heavy atom. The van der Waals surface area contributed by atoms with E-state index in [1.165, 1.54) is 24.1 Å². The first-order valence-electron chi connectivity index (χ1n) is 6.61. The third-order valence-corrected chi connectivity index (χ3v) is 2.94. The minimum atomic E-state index is -4.51. The normalized spacial score (nSPS) is 11.7. The molecule has 2 aromatic rings. The van der Waals surface area contributed by atoms with Crippen molar-refractivity contribution in [2.45, 2.75) is 6.18 Å². The number of ether oxygens (including phenoxy) is 1. The highest BCUT2D eigenvalue weighted by Gasteiger charge is 2.34. The largest absolute Gasteiger partial charge is 0.406 e. The number of alkyl halides is 3. The highest BCUT2D eigenvalue weighted by Crippen LogP contribution is 2.22. The molecule has 0 spiro atoms. The van der Waals surface area contributed by atoms with Gasteiger partial charge in [0.1, 0.15) is 6.54 Å². The molecule has 0 unspecified atom stereocenters. The molecule has 0 fully saturated rings. The number of hydrogen-bond donors (Lipinski definition) is 0. The van der Waals surface area contributed by atoms with Crippen LogP contribution >= 0.6 is 0 Å². The molecule has 0 saturated heterocycles. The molecule has 0 aliphatic heterocycles. The lowest BCUT2D eigenvalue weighted by Gasteiger charge is -2.22. The highest BCUT2D eigenvalue weighted by molar-refractivity contribution is 5.93. The fourth-order valence-corrected chi connectivity index (χ4v) is 1.89. The van der Waals surface area contributed by atoms with Crippen molar-refractivity contribution in [1.82, 2.24) is 19.8 Å². The summed E-state index contributed by atoms with van der Waals surface area (Å²) in [4.78, 5) is 12.8. The molecular weight excluding hydrogens is 317 g/mol. The van der Waals surface area contributed by atoms with E-state index in [1.807, 2.05) is 0 Å². The Balaban J connectivity index is 2.17. The van der Waals surface area contributed by atoms with E-state index in [9.17, 15) is 18.0 Å². The molecule has 0 atom stereocenters. The van der Waals surface area contributed by atoms with Gasteiger partial charge in [-0.15, -0.1) is 0 Å². The Morgan fingerprint density at radius 1 is 1.48 bits per heavy atom. The maximum Gasteiger partial charge on any atom is 0.406 e. The summed E-state index contributed by atoms with van der Waals surface area (Å²) in [6.45, 7) is -1.61. The molecule has 7 nitrogen and oxygen atoms in total. The fraction of sp³-hybridized carbons (Fsp3) is 0.462. The lowest BCUT2D eigenvalue weighted by atomic mass is 10.2. The summed E-state index contributed by atoms with van der Waals surface area (Å²) in [5.41, 5.74) is 0.363. The van der Waals surface area contributed by atoms with Crippen LogP contribution in [0.3, 0.4) is 0 Å². The number of halogens is 3. The van der Waals surface area contributed by atoms with E-state index in [-0.39, 0.29) is 24.6 Å². The van der Waals surface area contributed by atoms with E-state index in [1.54, 1.807) is 13.2 Å². The molecule has 0 radical (unpaired) electrons. The summed E-state index contributed by atoms with van der Waals surface area (Å²) in [5, 5.41) is 7.49. The lowest BCUT2D eigenvalue weighted by Crippen LogP contribution is -2.41. The Morgan fingerprint density at radius 2 is 2.22 bits per heavy atom. The van der Waals surface area contributed by atoms with Gasteiger partial charge in [-0.05, 0) is 0 Å². The second-order valence-electron chi connectivity index (χ2n) is 4.81. The molecule has 23 heavy (non-hydrogen) atoms. The summed E-state index contributed by atoms with van der Waals surface area (Å²) in [5.74, 6) is -0.626. The Kier molecular flexibility index (Phi) is 5.04. The van der Waals surface area contributed by atoms with E-state index in [4.69, 9.17) is 9.26 Å². The predicted octanol–water partition coefficient (Wildman–Crippen LogP) is 1.73. The SMILES string of the molecule is COCCN(CC(F)(F)F)C(=O)c1cc(-c2cnn(C)c2)on1. The van der Waals surface area contributed by atoms with Crippen molar-refractivity contribution in [3.05, 3.63) is 24.2 Å². The van der Waals surface area contributed by atoms with Crippen LogP contribution in [0.2, 0.25) is 0 Å². The van der Waals surface area contributed by atoms with Gasteiger partial charge in [0.15, 0.2) is 11.5 Å². The molecular formula is C13H15F3N4O3. The van der Waals surface area contributed by atoms with Crippen LogP contribution in [-0.2, 0) is 11.8 Å². The number of rotatable bonds is 6. The number of amides is 1. The number of nitrogens with zero attached hydrogens (tertiary/aromatic N) is 4. The summed E-state index contributed by atoms with van der Waals surface area (Å²) >= 11 is 0. The van der Waals surface area contributed by atoms with Crippen molar-refractivity contribution in [3.63, 3.8) is 0 Å². The van der Waals surface area contributed by atoms with Crippen molar-refractivity contribution in [2.24, 2.45) is 7.05 Å². The molecule has 126 valence electrons. The molecule has 0 N–H and O–H groups in total. The van der Waals surface area contributed by atoms with Gasteiger partial charge in [0, 0.05) is 33.0 Å². The number of methoxy groups -OCH3 is 1. The quantitative estimate of drug-likeness (QED) is 0.805. The van der Waals surface area contributed by atoms with Gasteiger partial charge < -0.3 is 14.2 Å². The highest BCUT2D eigenvalue weighted by atomic mass is 19.4. The summed E-state index contributed by atoms with van der Waals surface area (Å²) in [7, 11) is 3.04. The first kappa shape index (κ1) is 17.0. The monoisotopic (exact) mass is 332 g/mol. The van der Waals surface area contributed by atoms with Gasteiger partial charge in [0.2, 0.25) is 0 Å². The summed E-state index contributed by atoms with van der Waals surface area (Å²) in [6.07, 6.45) is -1.39. The zero-order chi connectivity index (χ0) is 17.0. The molecule has 0 aliphatic carbocycles. The predicted molar refractivity (Wildman–Crippen MR) is 72.5 cm³/mol. The van der Waals surface area contributed by atoms with Crippen molar-refractivity contribution in [2.75, 3.05) is 26.8 Å². The number of aryl methyl sites for hydroxylation is 1. The van der Waals surface area contributed by atoms with Gasteiger partial charge in [0.25, 0.3) is 5.91 Å². The average Bonchev–Trinajstić information content (AvgIpc) is 3.10. The van der Waals surface area contributed by atoms with Gasteiger partial charge in [0.05, 0.1) is 18.4 Å². The van der Waals surface area contributed by atoms with Crippen LogP contribution in [0.25, 0.3) is 11.3 Å². The van der Waals surface area contributed by atoms with Gasteiger partial charge in [-0.3, -0.25) is 9.48 Å². The van der Waals surface area contributed by atoms with Crippen LogP contribution in [0.15, 0.2) is 23.0 Å². The molecule has 10 heteroatoms. The summed E-state index contributed by atoms with van der Waals surface area (Å²) in [6, 6.07) is 1.29. The van der Waals surface area contributed by atoms with E-state index >= 15 is 0 Å². The third-order valence-electron chi connectivity index (χ3n) is 2.94. The van der Waals surface area contributed by atoms with Crippen molar-refractivity contribution in [3.8, 4) is 11.3 Å². The van der Waals surface area contributed by atoms with E-state index in [2.05, 4.69) is 10.3 Å².